The first-order valence-electron chi connectivity index (χ1n) is 12.7. The maximum absolute atomic E-state index is 14.5. The van der Waals surface area contributed by atoms with E-state index in [1.54, 1.807) is 24.3 Å². The maximum Gasteiger partial charge on any atom is 0.336 e. The molecule has 1 aliphatic carbocycles. The Balaban J connectivity index is 0.000000233. The fourth-order valence-electron chi connectivity index (χ4n) is 4.67. The predicted molar refractivity (Wildman–Crippen MR) is 153 cm³/mol. The molecule has 0 saturated carbocycles. The number of carboxylic acid groups (broad SMARTS) is 1. The summed E-state index contributed by atoms with van der Waals surface area (Å²) in [5, 5.41) is 30.4. The molecule has 0 bridgehead atoms. The lowest BCUT2D eigenvalue weighted by molar-refractivity contribution is -0.395. The van der Waals surface area contributed by atoms with Crippen molar-refractivity contribution in [2.24, 2.45) is 5.92 Å². The first kappa shape index (κ1) is 30.6. The van der Waals surface area contributed by atoms with Gasteiger partial charge in [-0.15, -0.1) is 13.2 Å². The van der Waals surface area contributed by atoms with Crippen LogP contribution in [0.3, 0.4) is 0 Å². The van der Waals surface area contributed by atoms with Crippen LogP contribution < -0.4 is 0 Å². The van der Waals surface area contributed by atoms with E-state index in [1.165, 1.54) is 6.08 Å². The summed E-state index contributed by atoms with van der Waals surface area (Å²) in [4.78, 5) is 30.7. The molecule has 0 aliphatic heterocycles. The van der Waals surface area contributed by atoms with E-state index < -0.39 is 44.4 Å². The Hall–Kier alpha value is -4.99. The van der Waals surface area contributed by atoms with E-state index >= 15 is 0 Å². The Morgan fingerprint density at radius 3 is 2.02 bits per heavy atom. The van der Waals surface area contributed by atoms with Crippen molar-refractivity contribution < 1.29 is 28.5 Å². The molecule has 0 fully saturated rings. The predicted octanol–water partition coefficient (Wildman–Crippen LogP) is 8.32. The lowest BCUT2D eigenvalue weighted by atomic mass is 9.84. The molecule has 1 N–H and O–H groups in total. The molecular formula is C31H28F2N2O6. The Kier molecular flexibility index (Phi) is 10.3. The molecule has 3 aromatic rings. The van der Waals surface area contributed by atoms with E-state index in [0.717, 1.165) is 43.4 Å². The van der Waals surface area contributed by atoms with Gasteiger partial charge in [-0.05, 0) is 42.7 Å². The number of nitro groups is 2. The molecule has 0 saturated heterocycles. The van der Waals surface area contributed by atoms with Gasteiger partial charge in [0, 0.05) is 29.7 Å². The third-order valence-electron chi connectivity index (χ3n) is 6.72. The van der Waals surface area contributed by atoms with Crippen molar-refractivity contribution in [3.8, 4) is 11.1 Å². The van der Waals surface area contributed by atoms with Crippen LogP contribution in [0, 0.1) is 37.8 Å². The van der Waals surface area contributed by atoms with Crippen LogP contribution in [0.2, 0.25) is 0 Å². The zero-order valence-corrected chi connectivity index (χ0v) is 22.1. The lowest BCUT2D eigenvalue weighted by Gasteiger charge is -2.21. The first-order chi connectivity index (χ1) is 19.6. The highest BCUT2D eigenvalue weighted by atomic mass is 19.2. The van der Waals surface area contributed by atoms with Gasteiger partial charge in [-0.25, -0.2) is 13.6 Å². The number of hydrogen-bond donors (Lipinski definition) is 1. The van der Waals surface area contributed by atoms with E-state index in [1.807, 2.05) is 24.3 Å². The van der Waals surface area contributed by atoms with E-state index in [-0.39, 0.29) is 12.0 Å². The van der Waals surface area contributed by atoms with Crippen LogP contribution in [0.1, 0.15) is 47.2 Å². The molecule has 8 nitrogen and oxygen atoms in total. The van der Waals surface area contributed by atoms with Gasteiger partial charge in [0.25, 0.3) is 11.4 Å². The van der Waals surface area contributed by atoms with Gasteiger partial charge in [0.05, 0.1) is 15.4 Å². The average Bonchev–Trinajstić information content (AvgIpc) is 2.96. The van der Waals surface area contributed by atoms with Gasteiger partial charge in [-0.2, -0.15) is 0 Å². The summed E-state index contributed by atoms with van der Waals surface area (Å²) in [6.45, 7) is 7.12. The number of nitro benzene ring substituents is 2. The number of benzene rings is 3. The van der Waals surface area contributed by atoms with Crippen molar-refractivity contribution in [2.45, 2.75) is 32.1 Å². The molecule has 0 aromatic heterocycles. The van der Waals surface area contributed by atoms with Gasteiger partial charge in [0.2, 0.25) is 0 Å². The van der Waals surface area contributed by atoms with Crippen molar-refractivity contribution in [2.75, 3.05) is 0 Å². The zero-order chi connectivity index (χ0) is 30.1. The minimum absolute atomic E-state index is 0.0907. The minimum Gasteiger partial charge on any atom is -0.478 e. The zero-order valence-electron chi connectivity index (χ0n) is 22.1. The maximum atomic E-state index is 14.5. The smallest absolute Gasteiger partial charge is 0.336 e. The standard InChI is InChI=1S/C21H20F2.C10H8N2O6/c1-2-6-15-9-11-17(12-10-15)19-14-13-18(20(22)21(19)23)16-7-4-3-5-8-16;1-2-3-7-8(11(15)16)4-6(10(13)14)5-9(7)12(17)18/h2-5,7-8,11,13-15H,1,6,9-10,12H2;2,4-5H,1,3H2,(H,13,14). The average molecular weight is 563 g/mol. The van der Waals surface area contributed by atoms with Crippen LogP contribution in [-0.2, 0) is 6.42 Å². The van der Waals surface area contributed by atoms with Gasteiger partial charge < -0.3 is 5.11 Å². The van der Waals surface area contributed by atoms with Crippen molar-refractivity contribution >= 4 is 22.9 Å². The molecule has 0 radical (unpaired) electrons. The fourth-order valence-corrected chi connectivity index (χ4v) is 4.67. The number of aromatic carboxylic acids is 1. The van der Waals surface area contributed by atoms with Crippen molar-refractivity contribution in [3.05, 3.63) is 135 Å². The Morgan fingerprint density at radius 1 is 0.951 bits per heavy atom. The highest BCUT2D eigenvalue weighted by Crippen LogP contribution is 2.36. The number of carbonyl (C=O) groups is 1. The molecule has 10 heteroatoms. The van der Waals surface area contributed by atoms with Crippen molar-refractivity contribution in [3.63, 3.8) is 0 Å². The van der Waals surface area contributed by atoms with Gasteiger partial charge in [0.1, 0.15) is 5.56 Å². The Bertz CT molecular complexity index is 1480. The highest BCUT2D eigenvalue weighted by Gasteiger charge is 2.27. The number of nitrogens with zero attached hydrogens (tertiary/aromatic N) is 2. The SMILES string of the molecule is C=CCC1CC=C(c2ccc(-c3ccccc3)c(F)c2F)CC1.C=CCc1c([N+](=O)[O-])cc(C(=O)O)cc1[N+](=O)[O-]. The van der Waals surface area contributed by atoms with Crippen LogP contribution in [0.25, 0.3) is 16.7 Å². The van der Waals surface area contributed by atoms with Gasteiger partial charge in [-0.1, -0.05) is 60.7 Å². The summed E-state index contributed by atoms with van der Waals surface area (Å²) in [6, 6.07) is 14.1. The Labute approximate surface area is 235 Å². The summed E-state index contributed by atoms with van der Waals surface area (Å²) in [6.07, 6.45) is 8.84. The lowest BCUT2D eigenvalue weighted by Crippen LogP contribution is -2.06. The molecule has 0 amide bonds. The third-order valence-corrected chi connectivity index (χ3v) is 6.72. The molecule has 0 heterocycles. The summed E-state index contributed by atoms with van der Waals surface area (Å²) >= 11 is 0. The highest BCUT2D eigenvalue weighted by molar-refractivity contribution is 5.90. The van der Waals surface area contributed by atoms with Crippen LogP contribution in [0.5, 0.6) is 0 Å². The molecule has 4 rings (SSSR count). The molecule has 41 heavy (non-hydrogen) atoms. The van der Waals surface area contributed by atoms with Crippen molar-refractivity contribution in [1.29, 1.82) is 0 Å². The number of hydrogen-bond acceptors (Lipinski definition) is 5. The minimum atomic E-state index is -1.47. The first-order valence-corrected chi connectivity index (χ1v) is 12.7. The number of halogens is 2. The largest absolute Gasteiger partial charge is 0.478 e. The summed E-state index contributed by atoms with van der Waals surface area (Å²) in [7, 11) is 0. The quantitative estimate of drug-likeness (QED) is 0.159. The number of allylic oxidation sites excluding steroid dienone is 4. The second-order valence-electron chi connectivity index (χ2n) is 9.35. The Morgan fingerprint density at radius 2 is 1.54 bits per heavy atom. The van der Waals surface area contributed by atoms with E-state index in [2.05, 4.69) is 19.2 Å². The normalized spacial score (nSPS) is 14.2. The number of rotatable bonds is 9. The van der Waals surface area contributed by atoms with Crippen LogP contribution in [0.4, 0.5) is 20.2 Å². The van der Waals surface area contributed by atoms with Gasteiger partial charge in [-0.3, -0.25) is 20.2 Å². The molecule has 1 atom stereocenters. The summed E-state index contributed by atoms with van der Waals surface area (Å²) in [5.74, 6) is -2.39. The van der Waals surface area contributed by atoms with E-state index in [9.17, 15) is 33.8 Å². The second-order valence-corrected chi connectivity index (χ2v) is 9.35. The molecule has 1 aliphatic rings. The fraction of sp³-hybridized carbons (Fsp3) is 0.194. The molecule has 1 unspecified atom stereocenters. The summed E-state index contributed by atoms with van der Waals surface area (Å²) in [5.41, 5.74) is 0.474. The van der Waals surface area contributed by atoms with E-state index in [0.29, 0.717) is 22.6 Å². The molecular weight excluding hydrogens is 534 g/mol. The molecule has 3 aromatic carbocycles. The van der Waals surface area contributed by atoms with Crippen LogP contribution >= 0.6 is 0 Å². The van der Waals surface area contributed by atoms with Crippen molar-refractivity contribution in [1.82, 2.24) is 0 Å². The summed E-state index contributed by atoms with van der Waals surface area (Å²) < 4.78 is 29.0. The number of carboxylic acids is 1. The van der Waals surface area contributed by atoms with Gasteiger partial charge >= 0.3 is 5.97 Å². The monoisotopic (exact) mass is 562 g/mol. The topological polar surface area (TPSA) is 124 Å². The molecule has 212 valence electrons. The second kappa shape index (κ2) is 13.9. The van der Waals surface area contributed by atoms with Crippen LogP contribution in [-0.4, -0.2) is 20.9 Å². The third kappa shape index (κ3) is 7.36. The van der Waals surface area contributed by atoms with Gasteiger partial charge in [0.15, 0.2) is 11.6 Å². The van der Waals surface area contributed by atoms with Crippen LogP contribution in [0.15, 0.2) is 86.0 Å². The van der Waals surface area contributed by atoms with E-state index in [4.69, 9.17) is 5.11 Å². The molecule has 0 spiro atoms.